The van der Waals surface area contributed by atoms with Crippen molar-refractivity contribution in [3.05, 3.63) is 21.9 Å². The topological polar surface area (TPSA) is 55.1 Å². The van der Waals surface area contributed by atoms with E-state index in [9.17, 15) is 4.79 Å². The molecule has 90 valence electrons. The van der Waals surface area contributed by atoms with Crippen LogP contribution in [0.15, 0.2) is 12.1 Å². The van der Waals surface area contributed by atoms with Crippen molar-refractivity contribution < 1.29 is 4.79 Å². The van der Waals surface area contributed by atoms with Crippen molar-refractivity contribution in [1.29, 1.82) is 0 Å². The molecule has 0 aliphatic rings. The molecule has 1 atom stereocenters. The highest BCUT2D eigenvalue weighted by molar-refractivity contribution is 7.11. The smallest absolute Gasteiger partial charge is 0.237 e. The third kappa shape index (κ3) is 3.61. The number of hydrogen-bond donors (Lipinski definition) is 2. The van der Waals surface area contributed by atoms with Gasteiger partial charge < -0.3 is 11.1 Å². The molecule has 1 amide bonds. The van der Waals surface area contributed by atoms with Gasteiger partial charge in [-0.2, -0.15) is 0 Å². The van der Waals surface area contributed by atoms with Gasteiger partial charge in [0.25, 0.3) is 0 Å². The molecule has 0 radical (unpaired) electrons. The van der Waals surface area contributed by atoms with Crippen LogP contribution in [-0.2, 0) is 17.8 Å². The van der Waals surface area contributed by atoms with Crippen LogP contribution in [0.5, 0.6) is 0 Å². The summed E-state index contributed by atoms with van der Waals surface area (Å²) in [5, 5.41) is 2.86. The molecule has 1 aromatic rings. The van der Waals surface area contributed by atoms with Gasteiger partial charge in [0, 0.05) is 9.75 Å². The van der Waals surface area contributed by atoms with Crippen LogP contribution >= 0.6 is 11.3 Å². The van der Waals surface area contributed by atoms with Gasteiger partial charge in [0.05, 0.1) is 12.6 Å². The molecule has 0 aromatic carbocycles. The van der Waals surface area contributed by atoms with Crippen LogP contribution in [0.1, 0.15) is 30.5 Å². The number of carbonyl (C=O) groups excluding carboxylic acids is 1. The summed E-state index contributed by atoms with van der Waals surface area (Å²) in [6, 6.07) is 3.75. The molecule has 1 heterocycles. The van der Waals surface area contributed by atoms with Crippen LogP contribution in [0.2, 0.25) is 0 Å². The Labute approximate surface area is 101 Å². The molecule has 0 aliphatic heterocycles. The maximum absolute atomic E-state index is 11.6. The first-order chi connectivity index (χ1) is 7.54. The third-order valence-corrected chi connectivity index (χ3v) is 3.75. The van der Waals surface area contributed by atoms with E-state index in [1.54, 1.807) is 11.3 Å². The maximum Gasteiger partial charge on any atom is 0.237 e. The number of thiophene rings is 1. The Hall–Kier alpha value is -0.870. The summed E-state index contributed by atoms with van der Waals surface area (Å²) in [6.07, 6.45) is 1.05. The molecule has 0 fully saturated rings. The number of nitrogens with two attached hydrogens (primary N) is 1. The van der Waals surface area contributed by atoms with Crippen LogP contribution in [0.3, 0.4) is 0 Å². The molecule has 0 spiro atoms. The summed E-state index contributed by atoms with van der Waals surface area (Å²) in [4.78, 5) is 14.1. The molecule has 1 rings (SSSR count). The predicted molar refractivity (Wildman–Crippen MR) is 68.4 cm³/mol. The van der Waals surface area contributed by atoms with Gasteiger partial charge in [0.1, 0.15) is 0 Å². The SMILES string of the molecule is CCc1ccc(CNC(=O)[C@@H](N)C(C)C)s1. The van der Waals surface area contributed by atoms with Crippen molar-refractivity contribution in [3.8, 4) is 0 Å². The van der Waals surface area contributed by atoms with Crippen molar-refractivity contribution in [2.45, 2.75) is 39.8 Å². The van der Waals surface area contributed by atoms with Gasteiger partial charge in [0.15, 0.2) is 0 Å². The standard InChI is InChI=1S/C12H20N2OS/c1-4-9-5-6-10(16-9)7-14-12(15)11(13)8(2)3/h5-6,8,11H,4,7,13H2,1-3H3,(H,14,15)/t11-/m0/s1. The average Bonchev–Trinajstić information content (AvgIpc) is 2.72. The Balaban J connectivity index is 2.42. The molecular formula is C12H20N2OS. The first-order valence-electron chi connectivity index (χ1n) is 5.65. The quantitative estimate of drug-likeness (QED) is 0.826. The van der Waals surface area contributed by atoms with Gasteiger partial charge in [-0.3, -0.25) is 4.79 Å². The van der Waals surface area contributed by atoms with Gasteiger partial charge in [-0.1, -0.05) is 20.8 Å². The minimum atomic E-state index is -0.411. The van der Waals surface area contributed by atoms with Gasteiger partial charge in [-0.25, -0.2) is 0 Å². The lowest BCUT2D eigenvalue weighted by atomic mass is 10.1. The maximum atomic E-state index is 11.6. The van der Waals surface area contributed by atoms with Crippen LogP contribution in [0, 0.1) is 5.92 Å². The number of carbonyl (C=O) groups is 1. The van der Waals surface area contributed by atoms with Crippen LogP contribution < -0.4 is 11.1 Å². The summed E-state index contributed by atoms with van der Waals surface area (Å²) < 4.78 is 0. The zero-order valence-electron chi connectivity index (χ0n) is 10.1. The summed E-state index contributed by atoms with van der Waals surface area (Å²) in [5.74, 6) is 0.107. The van der Waals surface area contributed by atoms with E-state index in [-0.39, 0.29) is 11.8 Å². The highest BCUT2D eigenvalue weighted by Crippen LogP contribution is 2.16. The van der Waals surface area contributed by atoms with Gasteiger partial charge in [0.2, 0.25) is 5.91 Å². The molecule has 0 aliphatic carbocycles. The Morgan fingerprint density at radius 1 is 1.44 bits per heavy atom. The van der Waals surface area contributed by atoms with E-state index in [0.29, 0.717) is 6.54 Å². The average molecular weight is 240 g/mol. The first-order valence-corrected chi connectivity index (χ1v) is 6.47. The van der Waals surface area contributed by atoms with Crippen molar-refractivity contribution in [2.24, 2.45) is 11.7 Å². The predicted octanol–water partition coefficient (Wildman–Crippen LogP) is 1.91. The van der Waals surface area contributed by atoms with Crippen molar-refractivity contribution in [1.82, 2.24) is 5.32 Å². The molecule has 3 N–H and O–H groups in total. The molecule has 4 heteroatoms. The first kappa shape index (κ1) is 13.2. The number of aryl methyl sites for hydroxylation is 1. The minimum Gasteiger partial charge on any atom is -0.350 e. The van der Waals surface area contributed by atoms with Crippen molar-refractivity contribution in [3.63, 3.8) is 0 Å². The highest BCUT2D eigenvalue weighted by Gasteiger charge is 2.16. The Kier molecular flexibility index (Phi) is 4.96. The lowest BCUT2D eigenvalue weighted by Crippen LogP contribution is -2.43. The van der Waals surface area contributed by atoms with E-state index >= 15 is 0 Å². The molecule has 0 bridgehead atoms. The van der Waals surface area contributed by atoms with Crippen molar-refractivity contribution in [2.75, 3.05) is 0 Å². The van der Waals surface area contributed by atoms with E-state index in [2.05, 4.69) is 24.4 Å². The molecule has 0 saturated carbocycles. The Bertz CT molecular complexity index is 347. The van der Waals surface area contributed by atoms with Crippen LogP contribution in [0.25, 0.3) is 0 Å². The highest BCUT2D eigenvalue weighted by atomic mass is 32.1. The second-order valence-corrected chi connectivity index (χ2v) is 5.46. The summed E-state index contributed by atoms with van der Waals surface area (Å²) >= 11 is 1.74. The monoisotopic (exact) mass is 240 g/mol. The lowest BCUT2D eigenvalue weighted by molar-refractivity contribution is -0.123. The molecule has 0 unspecified atom stereocenters. The van der Waals surface area contributed by atoms with E-state index in [4.69, 9.17) is 5.73 Å². The summed E-state index contributed by atoms with van der Waals surface area (Å²) in [6.45, 7) is 6.61. The zero-order chi connectivity index (χ0) is 12.1. The fraction of sp³-hybridized carbons (Fsp3) is 0.583. The fourth-order valence-electron chi connectivity index (χ4n) is 1.30. The van der Waals surface area contributed by atoms with E-state index in [1.165, 1.54) is 9.75 Å². The van der Waals surface area contributed by atoms with Gasteiger partial charge in [-0.15, -0.1) is 11.3 Å². The van der Waals surface area contributed by atoms with E-state index in [1.807, 2.05) is 13.8 Å². The number of hydrogen-bond acceptors (Lipinski definition) is 3. The summed E-state index contributed by atoms with van der Waals surface area (Å²) in [5.41, 5.74) is 5.75. The summed E-state index contributed by atoms with van der Waals surface area (Å²) in [7, 11) is 0. The normalized spacial score (nSPS) is 12.8. The molecule has 16 heavy (non-hydrogen) atoms. The Morgan fingerprint density at radius 3 is 2.56 bits per heavy atom. The van der Waals surface area contributed by atoms with Crippen molar-refractivity contribution >= 4 is 17.2 Å². The van der Waals surface area contributed by atoms with Gasteiger partial charge >= 0.3 is 0 Å². The Morgan fingerprint density at radius 2 is 2.06 bits per heavy atom. The van der Waals surface area contributed by atoms with E-state index < -0.39 is 6.04 Å². The second kappa shape index (κ2) is 6.01. The molecule has 3 nitrogen and oxygen atoms in total. The van der Waals surface area contributed by atoms with Crippen LogP contribution in [0.4, 0.5) is 0 Å². The molecule has 0 saturated heterocycles. The van der Waals surface area contributed by atoms with E-state index in [0.717, 1.165) is 6.42 Å². The molecular weight excluding hydrogens is 220 g/mol. The zero-order valence-corrected chi connectivity index (χ0v) is 10.9. The number of amides is 1. The lowest BCUT2D eigenvalue weighted by Gasteiger charge is -2.14. The fourth-order valence-corrected chi connectivity index (χ4v) is 2.20. The largest absolute Gasteiger partial charge is 0.350 e. The number of nitrogens with one attached hydrogen (secondary N) is 1. The van der Waals surface area contributed by atoms with Gasteiger partial charge in [-0.05, 0) is 24.5 Å². The second-order valence-electron chi connectivity index (χ2n) is 4.21. The third-order valence-electron chi connectivity index (χ3n) is 2.52. The molecule has 1 aromatic heterocycles. The van der Waals surface area contributed by atoms with Crippen LogP contribution in [-0.4, -0.2) is 11.9 Å². The number of rotatable bonds is 5. The minimum absolute atomic E-state index is 0.0681.